The van der Waals surface area contributed by atoms with Crippen molar-refractivity contribution < 1.29 is 4.79 Å². The Hall–Kier alpha value is -0.610. The van der Waals surface area contributed by atoms with Gasteiger partial charge in [-0.1, -0.05) is 20.8 Å². The third kappa shape index (κ3) is 6.92. The molecule has 0 saturated carbocycles. The van der Waals surface area contributed by atoms with E-state index in [0.717, 1.165) is 25.9 Å². The number of hydrogen-bond donors (Lipinski definition) is 2. The summed E-state index contributed by atoms with van der Waals surface area (Å²) in [6.07, 6.45) is 4.71. The fourth-order valence-electron chi connectivity index (χ4n) is 2.67. The van der Waals surface area contributed by atoms with Crippen LogP contribution in [0.3, 0.4) is 0 Å². The van der Waals surface area contributed by atoms with Crippen LogP contribution in [0.25, 0.3) is 0 Å². The van der Waals surface area contributed by atoms with Crippen molar-refractivity contribution in [2.75, 3.05) is 32.7 Å². The highest BCUT2D eigenvalue weighted by Gasteiger charge is 2.14. The number of carbonyl (C=O) groups is 1. The highest BCUT2D eigenvalue weighted by atomic mass is 16.1. The van der Waals surface area contributed by atoms with Gasteiger partial charge in [0.25, 0.3) is 0 Å². The molecule has 112 valence electrons. The smallest absolute Gasteiger partial charge is 0.234 e. The van der Waals surface area contributed by atoms with Crippen molar-refractivity contribution in [3.05, 3.63) is 0 Å². The van der Waals surface area contributed by atoms with E-state index in [2.05, 4.69) is 36.3 Å². The Bertz CT molecular complexity index is 248. The molecule has 0 aromatic heterocycles. The van der Waals surface area contributed by atoms with E-state index < -0.39 is 0 Å². The number of nitrogens with one attached hydrogen (secondary N) is 2. The van der Waals surface area contributed by atoms with E-state index in [9.17, 15) is 4.79 Å². The van der Waals surface area contributed by atoms with Crippen molar-refractivity contribution in [1.29, 1.82) is 0 Å². The van der Waals surface area contributed by atoms with E-state index in [1.165, 1.54) is 25.9 Å². The molecule has 1 saturated heterocycles. The van der Waals surface area contributed by atoms with Crippen molar-refractivity contribution in [3.63, 3.8) is 0 Å². The number of hydrogen-bond acceptors (Lipinski definition) is 3. The summed E-state index contributed by atoms with van der Waals surface area (Å²) >= 11 is 0. The monoisotopic (exact) mass is 269 g/mol. The zero-order valence-electron chi connectivity index (χ0n) is 12.9. The van der Waals surface area contributed by atoms with Gasteiger partial charge in [-0.15, -0.1) is 0 Å². The molecule has 0 aliphatic carbocycles. The van der Waals surface area contributed by atoms with Crippen LogP contribution in [0.2, 0.25) is 0 Å². The molecule has 1 aliphatic rings. The molecule has 1 atom stereocenters. The van der Waals surface area contributed by atoms with Crippen LogP contribution in [0.4, 0.5) is 0 Å². The van der Waals surface area contributed by atoms with E-state index in [1.54, 1.807) is 0 Å². The molecule has 1 unspecified atom stereocenters. The van der Waals surface area contributed by atoms with Crippen molar-refractivity contribution in [1.82, 2.24) is 15.5 Å². The van der Waals surface area contributed by atoms with Gasteiger partial charge in [0.05, 0.1) is 6.54 Å². The minimum Gasteiger partial charge on any atom is -0.352 e. The molecular weight excluding hydrogens is 238 g/mol. The van der Waals surface area contributed by atoms with Gasteiger partial charge in [-0.25, -0.2) is 0 Å². The molecule has 0 bridgehead atoms. The molecule has 2 N–H and O–H groups in total. The van der Waals surface area contributed by atoms with Gasteiger partial charge in [-0.2, -0.15) is 0 Å². The third-order valence-electron chi connectivity index (χ3n) is 3.90. The van der Waals surface area contributed by atoms with Crippen LogP contribution in [0.15, 0.2) is 0 Å². The SMILES string of the molecule is CCC(CC)NC(=O)CNCC(C)CN1CCCC1. The van der Waals surface area contributed by atoms with Gasteiger partial charge in [-0.3, -0.25) is 4.79 Å². The number of carbonyl (C=O) groups excluding carboxylic acids is 1. The van der Waals surface area contributed by atoms with Crippen molar-refractivity contribution in [2.45, 2.75) is 52.5 Å². The quantitative estimate of drug-likeness (QED) is 0.668. The Labute approximate surface area is 118 Å². The molecule has 4 nitrogen and oxygen atoms in total. The summed E-state index contributed by atoms with van der Waals surface area (Å²) in [5, 5.41) is 6.33. The Morgan fingerprint density at radius 3 is 2.42 bits per heavy atom. The van der Waals surface area contributed by atoms with Gasteiger partial charge in [0.1, 0.15) is 0 Å². The first-order valence-electron chi connectivity index (χ1n) is 7.88. The highest BCUT2D eigenvalue weighted by molar-refractivity contribution is 5.78. The summed E-state index contributed by atoms with van der Waals surface area (Å²) in [5.41, 5.74) is 0. The first-order chi connectivity index (χ1) is 9.15. The van der Waals surface area contributed by atoms with Crippen LogP contribution in [-0.2, 0) is 4.79 Å². The molecule has 1 aliphatic heterocycles. The van der Waals surface area contributed by atoms with E-state index in [1.807, 2.05) is 0 Å². The summed E-state index contributed by atoms with van der Waals surface area (Å²) in [6.45, 7) is 11.5. The van der Waals surface area contributed by atoms with Crippen LogP contribution in [0, 0.1) is 5.92 Å². The van der Waals surface area contributed by atoms with Gasteiger partial charge < -0.3 is 15.5 Å². The maximum atomic E-state index is 11.7. The summed E-state index contributed by atoms with van der Waals surface area (Å²) in [4.78, 5) is 14.2. The molecule has 0 spiro atoms. The lowest BCUT2D eigenvalue weighted by atomic mass is 10.1. The maximum Gasteiger partial charge on any atom is 0.234 e. The van der Waals surface area contributed by atoms with E-state index in [4.69, 9.17) is 0 Å². The molecule has 1 heterocycles. The molecular formula is C15H31N3O. The third-order valence-corrected chi connectivity index (χ3v) is 3.90. The molecule has 4 heteroatoms. The standard InChI is InChI=1S/C15H31N3O/c1-4-14(5-2)17-15(19)11-16-10-13(3)12-18-8-6-7-9-18/h13-14,16H,4-12H2,1-3H3,(H,17,19). The minimum absolute atomic E-state index is 0.127. The fourth-order valence-corrected chi connectivity index (χ4v) is 2.67. The molecule has 19 heavy (non-hydrogen) atoms. The zero-order valence-corrected chi connectivity index (χ0v) is 12.9. The lowest BCUT2D eigenvalue weighted by Crippen LogP contribution is -2.41. The maximum absolute atomic E-state index is 11.7. The normalized spacial score (nSPS) is 17.9. The van der Waals surface area contributed by atoms with Gasteiger partial charge >= 0.3 is 0 Å². The average Bonchev–Trinajstić information content (AvgIpc) is 2.88. The molecule has 0 radical (unpaired) electrons. The lowest BCUT2D eigenvalue weighted by molar-refractivity contribution is -0.121. The second kappa shape index (κ2) is 9.32. The van der Waals surface area contributed by atoms with Crippen LogP contribution in [-0.4, -0.2) is 49.6 Å². The van der Waals surface area contributed by atoms with E-state index in [0.29, 0.717) is 18.5 Å². The zero-order chi connectivity index (χ0) is 14.1. The number of rotatable bonds is 9. The Kier molecular flexibility index (Phi) is 8.07. The molecule has 1 fully saturated rings. The van der Waals surface area contributed by atoms with E-state index in [-0.39, 0.29) is 5.91 Å². The Balaban J connectivity index is 2.06. The number of likely N-dealkylation sites (tertiary alicyclic amines) is 1. The van der Waals surface area contributed by atoms with E-state index >= 15 is 0 Å². The summed E-state index contributed by atoms with van der Waals surface area (Å²) < 4.78 is 0. The van der Waals surface area contributed by atoms with Crippen molar-refractivity contribution in [3.8, 4) is 0 Å². The number of nitrogens with zero attached hydrogens (tertiary/aromatic N) is 1. The Morgan fingerprint density at radius 2 is 1.84 bits per heavy atom. The summed E-state index contributed by atoms with van der Waals surface area (Å²) in [6, 6.07) is 0.330. The Morgan fingerprint density at radius 1 is 1.21 bits per heavy atom. The fraction of sp³-hybridized carbons (Fsp3) is 0.933. The second-order valence-corrected chi connectivity index (χ2v) is 5.82. The molecule has 1 amide bonds. The summed E-state index contributed by atoms with van der Waals surface area (Å²) in [5.74, 6) is 0.737. The minimum atomic E-state index is 0.127. The molecule has 1 rings (SSSR count). The molecule has 0 aromatic rings. The predicted octanol–water partition coefficient (Wildman–Crippen LogP) is 1.61. The van der Waals surface area contributed by atoms with Gasteiger partial charge in [0, 0.05) is 12.6 Å². The van der Waals surface area contributed by atoms with Crippen molar-refractivity contribution >= 4 is 5.91 Å². The summed E-state index contributed by atoms with van der Waals surface area (Å²) in [7, 11) is 0. The highest BCUT2D eigenvalue weighted by Crippen LogP contribution is 2.09. The molecule has 0 aromatic carbocycles. The van der Waals surface area contributed by atoms with Gasteiger partial charge in [0.2, 0.25) is 5.91 Å². The topological polar surface area (TPSA) is 44.4 Å². The average molecular weight is 269 g/mol. The first-order valence-corrected chi connectivity index (χ1v) is 7.88. The van der Waals surface area contributed by atoms with Crippen LogP contribution >= 0.6 is 0 Å². The van der Waals surface area contributed by atoms with Gasteiger partial charge in [-0.05, 0) is 51.2 Å². The lowest BCUT2D eigenvalue weighted by Gasteiger charge is -2.20. The van der Waals surface area contributed by atoms with Crippen molar-refractivity contribution in [2.24, 2.45) is 5.92 Å². The van der Waals surface area contributed by atoms with Crippen LogP contribution in [0.1, 0.15) is 46.5 Å². The van der Waals surface area contributed by atoms with Crippen LogP contribution in [0.5, 0.6) is 0 Å². The van der Waals surface area contributed by atoms with Gasteiger partial charge in [0.15, 0.2) is 0 Å². The first kappa shape index (κ1) is 16.4. The predicted molar refractivity (Wildman–Crippen MR) is 80.2 cm³/mol. The van der Waals surface area contributed by atoms with Crippen LogP contribution < -0.4 is 10.6 Å². The second-order valence-electron chi connectivity index (χ2n) is 5.82. The largest absolute Gasteiger partial charge is 0.352 e. The number of amides is 1.